The van der Waals surface area contributed by atoms with E-state index in [9.17, 15) is 9.59 Å². The van der Waals surface area contributed by atoms with Crippen LogP contribution in [-0.2, 0) is 11.2 Å². The van der Waals surface area contributed by atoms with Gasteiger partial charge in [-0.2, -0.15) is 0 Å². The van der Waals surface area contributed by atoms with E-state index in [0.29, 0.717) is 11.5 Å². The first-order chi connectivity index (χ1) is 11.9. The summed E-state index contributed by atoms with van der Waals surface area (Å²) in [7, 11) is 3.15. The second kappa shape index (κ2) is 8.19. The van der Waals surface area contributed by atoms with E-state index in [1.807, 2.05) is 13.0 Å². The molecule has 0 bridgehead atoms. The van der Waals surface area contributed by atoms with Gasteiger partial charge in [0.05, 0.1) is 32.2 Å². The summed E-state index contributed by atoms with van der Waals surface area (Å²) in [5.74, 6) is 0.191. The number of nitrogens with one attached hydrogen (secondary N) is 1. The van der Waals surface area contributed by atoms with Crippen molar-refractivity contribution >= 4 is 11.9 Å². The van der Waals surface area contributed by atoms with Crippen molar-refractivity contribution in [3.8, 4) is 11.5 Å². The van der Waals surface area contributed by atoms with Gasteiger partial charge in [0.1, 0.15) is 11.5 Å². The van der Waals surface area contributed by atoms with Crippen molar-refractivity contribution < 1.29 is 24.2 Å². The first-order valence-electron chi connectivity index (χ1n) is 7.78. The van der Waals surface area contributed by atoms with Crippen LogP contribution in [0.4, 0.5) is 0 Å². The van der Waals surface area contributed by atoms with Crippen LogP contribution in [0.1, 0.15) is 34.5 Å². The van der Waals surface area contributed by atoms with E-state index in [1.54, 1.807) is 38.5 Å². The molecule has 0 aliphatic heterocycles. The number of benzene rings is 2. The van der Waals surface area contributed by atoms with Crippen LogP contribution in [-0.4, -0.2) is 31.2 Å². The lowest BCUT2D eigenvalue weighted by atomic mass is 10.1. The number of carbonyl (C=O) groups excluding carboxylic acids is 1. The summed E-state index contributed by atoms with van der Waals surface area (Å²) in [6.45, 7) is 1.86. The van der Waals surface area contributed by atoms with E-state index in [0.717, 1.165) is 11.1 Å². The minimum Gasteiger partial charge on any atom is -0.497 e. The first kappa shape index (κ1) is 18.3. The molecule has 6 nitrogen and oxygen atoms in total. The first-order valence-corrected chi connectivity index (χ1v) is 7.78. The Kier molecular flexibility index (Phi) is 6.00. The largest absolute Gasteiger partial charge is 0.497 e. The van der Waals surface area contributed by atoms with Gasteiger partial charge in [-0.1, -0.05) is 12.1 Å². The molecule has 0 heterocycles. The fraction of sp³-hybridized carbons (Fsp3) is 0.263. The Bertz CT molecular complexity index is 755. The minimum atomic E-state index is -0.991. The van der Waals surface area contributed by atoms with Crippen molar-refractivity contribution in [3.63, 3.8) is 0 Å². The summed E-state index contributed by atoms with van der Waals surface area (Å²) in [5, 5.41) is 11.8. The van der Waals surface area contributed by atoms with Crippen LogP contribution >= 0.6 is 0 Å². The molecule has 0 fully saturated rings. The molecule has 1 unspecified atom stereocenters. The quantitative estimate of drug-likeness (QED) is 0.807. The Labute approximate surface area is 146 Å². The predicted octanol–water partition coefficient (Wildman–Crippen LogP) is 2.82. The van der Waals surface area contributed by atoms with Gasteiger partial charge in [0.15, 0.2) is 0 Å². The standard InChI is InChI=1S/C19H21NO5/c1-12(16-11-15(24-2)8-9-17(16)25-3)20-18(21)10-13-4-6-14(7-5-13)19(22)23/h4-9,11-12H,10H2,1-3H3,(H,20,21)(H,22,23). The molecule has 1 amide bonds. The third-order valence-corrected chi connectivity index (χ3v) is 3.85. The number of carboxylic acid groups (broad SMARTS) is 1. The molecule has 2 aromatic carbocycles. The molecule has 0 radical (unpaired) electrons. The Morgan fingerprint density at radius 3 is 2.32 bits per heavy atom. The smallest absolute Gasteiger partial charge is 0.335 e. The minimum absolute atomic E-state index is 0.163. The summed E-state index contributed by atoms with van der Waals surface area (Å²) in [4.78, 5) is 23.1. The number of amides is 1. The fourth-order valence-electron chi connectivity index (χ4n) is 2.50. The average molecular weight is 343 g/mol. The van der Waals surface area contributed by atoms with Gasteiger partial charge >= 0.3 is 5.97 Å². The summed E-state index contributed by atoms with van der Waals surface area (Å²) in [6, 6.07) is 11.4. The summed E-state index contributed by atoms with van der Waals surface area (Å²) in [5.41, 5.74) is 1.75. The van der Waals surface area contributed by atoms with Crippen molar-refractivity contribution in [1.29, 1.82) is 0 Å². The molecule has 2 aromatic rings. The van der Waals surface area contributed by atoms with Gasteiger partial charge in [-0.25, -0.2) is 4.79 Å². The van der Waals surface area contributed by atoms with E-state index < -0.39 is 5.97 Å². The second-order valence-electron chi connectivity index (χ2n) is 5.58. The summed E-state index contributed by atoms with van der Waals surface area (Å²) < 4.78 is 10.6. The Balaban J connectivity index is 2.06. The number of ether oxygens (including phenoxy) is 2. The maximum Gasteiger partial charge on any atom is 0.335 e. The van der Waals surface area contributed by atoms with Crippen molar-refractivity contribution in [3.05, 3.63) is 59.2 Å². The molecule has 0 aromatic heterocycles. The fourth-order valence-corrected chi connectivity index (χ4v) is 2.50. The van der Waals surface area contributed by atoms with Crippen molar-refractivity contribution in [2.75, 3.05) is 14.2 Å². The van der Waals surface area contributed by atoms with E-state index in [-0.39, 0.29) is 23.9 Å². The zero-order valence-electron chi connectivity index (χ0n) is 14.4. The summed E-state index contributed by atoms with van der Waals surface area (Å²) in [6.07, 6.45) is 0.163. The molecule has 1 atom stereocenters. The van der Waals surface area contributed by atoms with Crippen molar-refractivity contribution in [2.45, 2.75) is 19.4 Å². The van der Waals surface area contributed by atoms with Gasteiger partial charge in [0.25, 0.3) is 0 Å². The van der Waals surface area contributed by atoms with Crippen LogP contribution < -0.4 is 14.8 Å². The van der Waals surface area contributed by atoms with E-state index in [2.05, 4.69) is 5.32 Å². The van der Waals surface area contributed by atoms with Crippen LogP contribution in [0.25, 0.3) is 0 Å². The maximum atomic E-state index is 12.3. The van der Waals surface area contributed by atoms with Crippen LogP contribution in [0.15, 0.2) is 42.5 Å². The molecule has 25 heavy (non-hydrogen) atoms. The average Bonchev–Trinajstić information content (AvgIpc) is 2.61. The summed E-state index contributed by atoms with van der Waals surface area (Å²) >= 11 is 0. The molecule has 132 valence electrons. The number of methoxy groups -OCH3 is 2. The highest BCUT2D eigenvalue weighted by molar-refractivity contribution is 5.87. The molecule has 2 rings (SSSR count). The number of hydrogen-bond acceptors (Lipinski definition) is 4. The monoisotopic (exact) mass is 343 g/mol. The van der Waals surface area contributed by atoms with Gasteiger partial charge in [-0.3, -0.25) is 4.79 Å². The number of hydrogen-bond donors (Lipinski definition) is 2. The number of carbonyl (C=O) groups is 2. The lowest BCUT2D eigenvalue weighted by Crippen LogP contribution is -2.28. The lowest BCUT2D eigenvalue weighted by molar-refractivity contribution is -0.121. The predicted molar refractivity (Wildman–Crippen MR) is 93.2 cm³/mol. The number of aromatic carboxylic acids is 1. The number of rotatable bonds is 7. The highest BCUT2D eigenvalue weighted by Crippen LogP contribution is 2.29. The van der Waals surface area contributed by atoms with Crippen molar-refractivity contribution in [1.82, 2.24) is 5.32 Å². The number of carboxylic acids is 1. The molecular weight excluding hydrogens is 322 g/mol. The van der Waals surface area contributed by atoms with E-state index in [1.165, 1.54) is 12.1 Å². The van der Waals surface area contributed by atoms with E-state index in [4.69, 9.17) is 14.6 Å². The second-order valence-corrected chi connectivity index (χ2v) is 5.58. The van der Waals surface area contributed by atoms with Crippen LogP contribution in [0, 0.1) is 0 Å². The molecular formula is C19H21NO5. The van der Waals surface area contributed by atoms with Crippen LogP contribution in [0.2, 0.25) is 0 Å². The highest BCUT2D eigenvalue weighted by Gasteiger charge is 2.15. The highest BCUT2D eigenvalue weighted by atomic mass is 16.5. The topological polar surface area (TPSA) is 84.9 Å². The zero-order chi connectivity index (χ0) is 18.4. The molecule has 2 N–H and O–H groups in total. The molecule has 0 aliphatic carbocycles. The third kappa shape index (κ3) is 4.73. The third-order valence-electron chi connectivity index (χ3n) is 3.85. The Morgan fingerprint density at radius 2 is 1.76 bits per heavy atom. The molecule has 0 aliphatic rings. The van der Waals surface area contributed by atoms with Gasteiger partial charge < -0.3 is 19.9 Å². The van der Waals surface area contributed by atoms with Crippen LogP contribution in [0.3, 0.4) is 0 Å². The molecule has 0 saturated heterocycles. The van der Waals surface area contributed by atoms with Gasteiger partial charge in [0, 0.05) is 5.56 Å². The molecule has 0 saturated carbocycles. The normalized spacial score (nSPS) is 11.5. The van der Waals surface area contributed by atoms with Gasteiger partial charge in [-0.15, -0.1) is 0 Å². The van der Waals surface area contributed by atoms with E-state index >= 15 is 0 Å². The maximum absolute atomic E-state index is 12.3. The lowest BCUT2D eigenvalue weighted by Gasteiger charge is -2.18. The van der Waals surface area contributed by atoms with Gasteiger partial charge in [0.2, 0.25) is 5.91 Å². The zero-order valence-corrected chi connectivity index (χ0v) is 14.4. The van der Waals surface area contributed by atoms with Crippen molar-refractivity contribution in [2.24, 2.45) is 0 Å². The van der Waals surface area contributed by atoms with Crippen LogP contribution in [0.5, 0.6) is 11.5 Å². The molecule has 6 heteroatoms. The Morgan fingerprint density at radius 1 is 1.08 bits per heavy atom. The Hall–Kier alpha value is -3.02. The van der Waals surface area contributed by atoms with Gasteiger partial charge in [-0.05, 0) is 42.8 Å². The molecule has 0 spiro atoms. The SMILES string of the molecule is COc1ccc(OC)c(C(C)NC(=O)Cc2ccc(C(=O)O)cc2)c1.